The maximum Gasteiger partial charge on any atom is 0.275 e. The fraction of sp³-hybridized carbons (Fsp3) is 0.450. The molecule has 11 heteroatoms. The number of amides is 2. The van der Waals surface area contributed by atoms with Crippen molar-refractivity contribution >= 4 is 22.8 Å². The number of benzene rings is 1. The van der Waals surface area contributed by atoms with E-state index in [2.05, 4.69) is 30.9 Å². The van der Waals surface area contributed by atoms with Crippen LogP contribution in [-0.4, -0.2) is 38.5 Å². The van der Waals surface area contributed by atoms with Gasteiger partial charge in [-0.2, -0.15) is 0 Å². The number of imidazole rings is 1. The van der Waals surface area contributed by atoms with Gasteiger partial charge in [0.1, 0.15) is 11.5 Å². The van der Waals surface area contributed by atoms with Gasteiger partial charge in [-0.1, -0.05) is 18.1 Å². The molecule has 0 bridgehead atoms. The molecule has 1 fully saturated rings. The predicted molar refractivity (Wildman–Crippen MR) is 105 cm³/mol. The van der Waals surface area contributed by atoms with Crippen molar-refractivity contribution in [3.63, 3.8) is 0 Å². The normalized spacial score (nSPS) is 14.7. The van der Waals surface area contributed by atoms with E-state index in [9.17, 15) is 18.4 Å². The first kappa shape index (κ1) is 20.9. The van der Waals surface area contributed by atoms with E-state index >= 15 is 0 Å². The van der Waals surface area contributed by atoms with Crippen LogP contribution < -0.4 is 10.6 Å². The van der Waals surface area contributed by atoms with Crippen LogP contribution in [-0.2, 0) is 17.9 Å². The Labute approximate surface area is 175 Å². The fourth-order valence-electron chi connectivity index (χ4n) is 3.18. The first-order chi connectivity index (χ1) is 14.9. The summed E-state index contributed by atoms with van der Waals surface area (Å²) in [6.07, 6.45) is -0.790. The van der Waals surface area contributed by atoms with Crippen LogP contribution in [0.25, 0.3) is 11.0 Å². The minimum Gasteiger partial charge on any atom is -0.352 e. The monoisotopic (exact) mass is 432 g/mol. The second-order valence-corrected chi connectivity index (χ2v) is 7.78. The van der Waals surface area contributed by atoms with Gasteiger partial charge in [0.15, 0.2) is 5.69 Å². The highest BCUT2D eigenvalue weighted by Crippen LogP contribution is 2.40. The van der Waals surface area contributed by atoms with Gasteiger partial charge in [0.2, 0.25) is 12.3 Å². The predicted octanol–water partition coefficient (Wildman–Crippen LogP) is 2.66. The average Bonchev–Trinajstić information content (AvgIpc) is 3.32. The lowest BCUT2D eigenvalue weighted by atomic mass is 10.1. The summed E-state index contributed by atoms with van der Waals surface area (Å²) in [5.74, 6) is -0.976. The van der Waals surface area contributed by atoms with Crippen LogP contribution in [0.2, 0.25) is 0 Å². The van der Waals surface area contributed by atoms with Gasteiger partial charge in [0, 0.05) is 24.8 Å². The Balaban J connectivity index is 1.33. The lowest BCUT2D eigenvalue weighted by Crippen LogP contribution is -2.26. The van der Waals surface area contributed by atoms with Crippen molar-refractivity contribution in [1.29, 1.82) is 0 Å². The topological polar surface area (TPSA) is 126 Å². The second kappa shape index (κ2) is 8.78. The summed E-state index contributed by atoms with van der Waals surface area (Å²) in [7, 11) is 0. The Kier molecular flexibility index (Phi) is 5.92. The Hall–Kier alpha value is -3.37. The molecular formula is C20H22F2N6O3. The number of halogens is 2. The van der Waals surface area contributed by atoms with E-state index in [0.717, 1.165) is 23.9 Å². The molecule has 1 aliphatic carbocycles. The van der Waals surface area contributed by atoms with Gasteiger partial charge in [0.05, 0.1) is 17.6 Å². The second-order valence-electron chi connectivity index (χ2n) is 7.78. The van der Waals surface area contributed by atoms with Crippen molar-refractivity contribution in [2.45, 2.75) is 51.6 Å². The number of hydrogen-bond donors (Lipinski definition) is 3. The summed E-state index contributed by atoms with van der Waals surface area (Å²) in [4.78, 5) is 31.7. The van der Waals surface area contributed by atoms with Gasteiger partial charge in [-0.25, -0.2) is 18.4 Å². The number of alkyl halides is 2. The van der Waals surface area contributed by atoms with E-state index in [4.69, 9.17) is 4.63 Å². The van der Waals surface area contributed by atoms with Crippen molar-refractivity contribution in [3.8, 4) is 0 Å². The van der Waals surface area contributed by atoms with Gasteiger partial charge in [-0.3, -0.25) is 9.59 Å². The maximum absolute atomic E-state index is 12.6. The number of hydrogen-bond acceptors (Lipinski definition) is 6. The largest absolute Gasteiger partial charge is 0.352 e. The molecule has 0 aliphatic heterocycles. The van der Waals surface area contributed by atoms with Crippen molar-refractivity contribution in [2.24, 2.45) is 5.92 Å². The molecule has 1 unspecified atom stereocenters. The number of carbonyl (C=O) groups is 2. The summed E-state index contributed by atoms with van der Waals surface area (Å²) in [5, 5.41) is 12.9. The Morgan fingerprint density at radius 3 is 2.77 bits per heavy atom. The van der Waals surface area contributed by atoms with E-state index in [1.54, 1.807) is 12.1 Å². The van der Waals surface area contributed by atoms with Crippen LogP contribution in [0.5, 0.6) is 0 Å². The van der Waals surface area contributed by atoms with Gasteiger partial charge in [-0.15, -0.1) is 0 Å². The molecule has 1 saturated carbocycles. The van der Waals surface area contributed by atoms with Gasteiger partial charge >= 0.3 is 0 Å². The highest BCUT2D eigenvalue weighted by Gasteiger charge is 2.33. The van der Waals surface area contributed by atoms with E-state index in [0.29, 0.717) is 17.0 Å². The summed E-state index contributed by atoms with van der Waals surface area (Å²) < 4.78 is 29.8. The van der Waals surface area contributed by atoms with Crippen LogP contribution in [0.4, 0.5) is 8.78 Å². The highest BCUT2D eigenvalue weighted by molar-refractivity contribution is 5.93. The third kappa shape index (κ3) is 5.04. The van der Waals surface area contributed by atoms with Crippen LogP contribution in [0.3, 0.4) is 0 Å². The number of aromatic nitrogens is 4. The van der Waals surface area contributed by atoms with E-state index in [1.807, 2.05) is 6.07 Å². The summed E-state index contributed by atoms with van der Waals surface area (Å²) in [6, 6.07) is 5.40. The van der Waals surface area contributed by atoms with Crippen molar-refractivity contribution in [2.75, 3.05) is 0 Å². The Bertz CT molecular complexity index is 1090. The number of carbonyl (C=O) groups excluding carboxylic acids is 2. The SMILES string of the molecule is CC(CC(=O)NCc1ccc2nc(CNC(=O)c3nonc3C3CC3)[nH]c2c1)C(F)F. The molecule has 164 valence electrons. The summed E-state index contributed by atoms with van der Waals surface area (Å²) in [6.45, 7) is 1.73. The summed E-state index contributed by atoms with van der Waals surface area (Å²) in [5.41, 5.74) is 3.04. The molecule has 0 spiro atoms. The molecule has 2 amide bonds. The van der Waals surface area contributed by atoms with Crippen LogP contribution in [0.15, 0.2) is 22.8 Å². The minimum absolute atomic E-state index is 0.169. The standard InChI is InChI=1S/C20H22F2N6O3/c1-10(19(21)22)6-16(29)23-8-11-2-5-13-14(7-11)26-15(25-13)9-24-20(30)18-17(12-3-4-12)27-31-28-18/h2,5,7,10,12,19H,3-4,6,8-9H2,1H3,(H,23,29)(H,24,30)(H,25,26). The van der Waals surface area contributed by atoms with Crippen molar-refractivity contribution in [3.05, 3.63) is 41.0 Å². The molecule has 0 radical (unpaired) electrons. The molecule has 1 aromatic carbocycles. The van der Waals surface area contributed by atoms with Gasteiger partial charge < -0.3 is 15.6 Å². The van der Waals surface area contributed by atoms with E-state index < -0.39 is 18.3 Å². The van der Waals surface area contributed by atoms with Crippen LogP contribution >= 0.6 is 0 Å². The lowest BCUT2D eigenvalue weighted by molar-refractivity contribution is -0.123. The molecule has 4 rings (SSSR count). The number of aromatic amines is 1. The molecule has 31 heavy (non-hydrogen) atoms. The zero-order valence-corrected chi connectivity index (χ0v) is 16.8. The maximum atomic E-state index is 12.6. The van der Waals surface area contributed by atoms with E-state index in [1.165, 1.54) is 6.92 Å². The minimum atomic E-state index is -2.52. The molecule has 9 nitrogen and oxygen atoms in total. The quantitative estimate of drug-likeness (QED) is 0.477. The third-order valence-corrected chi connectivity index (χ3v) is 5.13. The van der Waals surface area contributed by atoms with Crippen molar-refractivity contribution in [1.82, 2.24) is 30.9 Å². The van der Waals surface area contributed by atoms with Crippen LogP contribution in [0, 0.1) is 5.92 Å². The first-order valence-electron chi connectivity index (χ1n) is 10.0. The van der Waals surface area contributed by atoms with Gasteiger partial charge in [-0.05, 0) is 35.7 Å². The zero-order chi connectivity index (χ0) is 22.0. The Morgan fingerprint density at radius 1 is 1.23 bits per heavy atom. The number of nitrogens with zero attached hydrogens (tertiary/aromatic N) is 3. The van der Waals surface area contributed by atoms with E-state index in [-0.39, 0.29) is 37.0 Å². The van der Waals surface area contributed by atoms with Crippen LogP contribution in [0.1, 0.15) is 59.7 Å². The third-order valence-electron chi connectivity index (χ3n) is 5.13. The summed E-state index contributed by atoms with van der Waals surface area (Å²) >= 11 is 0. The molecule has 1 atom stereocenters. The molecule has 3 aromatic rings. The molecule has 1 aliphatic rings. The molecule has 2 aromatic heterocycles. The molecule has 2 heterocycles. The lowest BCUT2D eigenvalue weighted by Gasteiger charge is -2.10. The Morgan fingerprint density at radius 2 is 2.03 bits per heavy atom. The molecule has 3 N–H and O–H groups in total. The fourth-order valence-corrected chi connectivity index (χ4v) is 3.18. The number of fused-ring (bicyclic) bond motifs is 1. The first-order valence-corrected chi connectivity index (χ1v) is 10.0. The smallest absolute Gasteiger partial charge is 0.275 e. The molecular weight excluding hydrogens is 410 g/mol. The molecule has 0 saturated heterocycles. The number of rotatable bonds is 9. The average molecular weight is 432 g/mol. The number of H-pyrrole nitrogens is 1. The zero-order valence-electron chi connectivity index (χ0n) is 16.8. The van der Waals surface area contributed by atoms with Gasteiger partial charge in [0.25, 0.3) is 5.91 Å². The van der Waals surface area contributed by atoms with Crippen molar-refractivity contribution < 1.29 is 23.0 Å². The highest BCUT2D eigenvalue weighted by atomic mass is 19.3. The number of nitrogens with one attached hydrogen (secondary N) is 3.